The second-order valence-corrected chi connectivity index (χ2v) is 4.37. The summed E-state index contributed by atoms with van der Waals surface area (Å²) in [5, 5.41) is 15.7. The summed E-state index contributed by atoms with van der Waals surface area (Å²) in [5.41, 5.74) is 1.04. The first-order chi connectivity index (χ1) is 8.17. The predicted octanol–water partition coefficient (Wildman–Crippen LogP) is 2.23. The van der Waals surface area contributed by atoms with Crippen LogP contribution in [0.15, 0.2) is 27.7 Å². The third kappa shape index (κ3) is 4.65. The number of aliphatic imine (C=N–C) groups is 1. The Bertz CT molecular complexity index is 385. The number of phenolic OH excluding ortho intramolecular Hbond substituents is 1. The fraction of sp³-hybridized carbons (Fsp3) is 0.417. The zero-order chi connectivity index (χ0) is 12.7. The van der Waals surface area contributed by atoms with E-state index in [9.17, 15) is 5.11 Å². The van der Waals surface area contributed by atoms with E-state index in [4.69, 9.17) is 0 Å². The molecule has 0 aliphatic heterocycles. The van der Waals surface area contributed by atoms with Gasteiger partial charge < -0.3 is 15.7 Å². The standard InChI is InChI=1S/C12H18BrN3O/c1-3-14-12(15-4-2)16-8-9-5-6-11(17)10(13)7-9/h5-7,17H,3-4,8H2,1-2H3,(H2,14,15,16). The van der Waals surface area contributed by atoms with E-state index in [1.165, 1.54) is 0 Å². The molecule has 5 heteroatoms. The van der Waals surface area contributed by atoms with Crippen LogP contribution >= 0.6 is 15.9 Å². The molecule has 0 saturated carbocycles. The van der Waals surface area contributed by atoms with E-state index in [0.29, 0.717) is 11.0 Å². The van der Waals surface area contributed by atoms with Crippen LogP contribution in [0.3, 0.4) is 0 Å². The summed E-state index contributed by atoms with van der Waals surface area (Å²) in [4.78, 5) is 4.44. The topological polar surface area (TPSA) is 56.7 Å². The first-order valence-electron chi connectivity index (χ1n) is 5.67. The average molecular weight is 300 g/mol. The van der Waals surface area contributed by atoms with Crippen LogP contribution in [0.5, 0.6) is 5.75 Å². The van der Waals surface area contributed by atoms with Crippen molar-refractivity contribution < 1.29 is 5.11 Å². The van der Waals surface area contributed by atoms with E-state index < -0.39 is 0 Å². The smallest absolute Gasteiger partial charge is 0.191 e. The quantitative estimate of drug-likeness (QED) is 0.590. The molecule has 1 rings (SSSR count). The Morgan fingerprint density at radius 2 is 1.94 bits per heavy atom. The Labute approximate surface area is 110 Å². The summed E-state index contributed by atoms with van der Waals surface area (Å²) in [5.74, 6) is 1.05. The summed E-state index contributed by atoms with van der Waals surface area (Å²) in [6.07, 6.45) is 0. The highest BCUT2D eigenvalue weighted by molar-refractivity contribution is 9.10. The minimum absolute atomic E-state index is 0.247. The molecule has 0 fully saturated rings. The van der Waals surface area contributed by atoms with Gasteiger partial charge in [0, 0.05) is 13.1 Å². The molecule has 0 aliphatic rings. The van der Waals surface area contributed by atoms with E-state index >= 15 is 0 Å². The van der Waals surface area contributed by atoms with Gasteiger partial charge in [0.15, 0.2) is 5.96 Å². The number of guanidine groups is 1. The monoisotopic (exact) mass is 299 g/mol. The van der Waals surface area contributed by atoms with Crippen molar-refractivity contribution in [3.05, 3.63) is 28.2 Å². The van der Waals surface area contributed by atoms with Crippen LogP contribution in [0, 0.1) is 0 Å². The van der Waals surface area contributed by atoms with E-state index in [2.05, 4.69) is 31.6 Å². The maximum Gasteiger partial charge on any atom is 0.191 e. The van der Waals surface area contributed by atoms with Crippen molar-refractivity contribution in [2.45, 2.75) is 20.4 Å². The van der Waals surface area contributed by atoms with Gasteiger partial charge in [-0.1, -0.05) is 6.07 Å². The van der Waals surface area contributed by atoms with E-state index in [0.717, 1.165) is 24.6 Å². The highest BCUT2D eigenvalue weighted by atomic mass is 79.9. The second-order valence-electron chi connectivity index (χ2n) is 3.51. The Balaban J connectivity index is 2.68. The third-order valence-electron chi connectivity index (χ3n) is 2.12. The molecule has 0 unspecified atom stereocenters. The van der Waals surface area contributed by atoms with E-state index in [1.54, 1.807) is 6.07 Å². The molecular formula is C12H18BrN3O. The van der Waals surface area contributed by atoms with Gasteiger partial charge in [0.25, 0.3) is 0 Å². The molecule has 0 atom stereocenters. The van der Waals surface area contributed by atoms with E-state index in [1.807, 2.05) is 26.0 Å². The van der Waals surface area contributed by atoms with Crippen LogP contribution in [0.25, 0.3) is 0 Å². The minimum Gasteiger partial charge on any atom is -0.507 e. The Morgan fingerprint density at radius 3 is 2.47 bits per heavy atom. The normalized spacial score (nSPS) is 9.82. The van der Waals surface area contributed by atoms with Crippen molar-refractivity contribution in [1.29, 1.82) is 0 Å². The lowest BCUT2D eigenvalue weighted by molar-refractivity contribution is 0.471. The maximum absolute atomic E-state index is 9.38. The largest absolute Gasteiger partial charge is 0.507 e. The molecule has 94 valence electrons. The van der Waals surface area contributed by atoms with Gasteiger partial charge in [-0.2, -0.15) is 0 Å². The zero-order valence-electron chi connectivity index (χ0n) is 10.1. The number of aromatic hydroxyl groups is 1. The molecule has 0 radical (unpaired) electrons. The van der Waals surface area contributed by atoms with Crippen molar-refractivity contribution >= 4 is 21.9 Å². The van der Waals surface area contributed by atoms with Gasteiger partial charge >= 0.3 is 0 Å². The Morgan fingerprint density at radius 1 is 1.29 bits per heavy atom. The average Bonchev–Trinajstić information content (AvgIpc) is 2.31. The predicted molar refractivity (Wildman–Crippen MR) is 74.3 cm³/mol. The molecule has 0 saturated heterocycles. The number of nitrogens with one attached hydrogen (secondary N) is 2. The first kappa shape index (κ1) is 13.8. The molecule has 1 aromatic carbocycles. The number of nitrogens with zero attached hydrogens (tertiary/aromatic N) is 1. The van der Waals surface area contributed by atoms with Crippen LogP contribution < -0.4 is 10.6 Å². The highest BCUT2D eigenvalue weighted by Gasteiger charge is 2.00. The third-order valence-corrected chi connectivity index (χ3v) is 2.76. The molecular weight excluding hydrogens is 282 g/mol. The lowest BCUT2D eigenvalue weighted by atomic mass is 10.2. The van der Waals surface area contributed by atoms with Crippen LogP contribution in [-0.2, 0) is 6.54 Å². The van der Waals surface area contributed by atoms with Crippen LogP contribution in [0.4, 0.5) is 0 Å². The lowest BCUT2D eigenvalue weighted by Gasteiger charge is -2.09. The number of hydrogen-bond donors (Lipinski definition) is 3. The molecule has 0 spiro atoms. The summed E-state index contributed by atoms with van der Waals surface area (Å²) in [7, 11) is 0. The van der Waals surface area contributed by atoms with Crippen molar-refractivity contribution in [3.63, 3.8) is 0 Å². The van der Waals surface area contributed by atoms with Gasteiger partial charge in [-0.05, 0) is 47.5 Å². The van der Waals surface area contributed by atoms with E-state index in [-0.39, 0.29) is 5.75 Å². The van der Waals surface area contributed by atoms with Gasteiger partial charge in [-0.25, -0.2) is 4.99 Å². The number of rotatable bonds is 4. The van der Waals surface area contributed by atoms with Crippen LogP contribution in [-0.4, -0.2) is 24.2 Å². The number of halogens is 1. The maximum atomic E-state index is 9.38. The fourth-order valence-corrected chi connectivity index (χ4v) is 1.75. The van der Waals surface area contributed by atoms with Crippen molar-refractivity contribution in [1.82, 2.24) is 10.6 Å². The number of hydrogen-bond acceptors (Lipinski definition) is 2. The molecule has 3 N–H and O–H groups in total. The van der Waals surface area contributed by atoms with Gasteiger partial charge in [0.2, 0.25) is 0 Å². The lowest BCUT2D eigenvalue weighted by Crippen LogP contribution is -2.36. The van der Waals surface area contributed by atoms with Crippen molar-refractivity contribution in [2.75, 3.05) is 13.1 Å². The Kier molecular flexibility index (Phi) is 5.83. The highest BCUT2D eigenvalue weighted by Crippen LogP contribution is 2.24. The summed E-state index contributed by atoms with van der Waals surface area (Å²) >= 11 is 3.28. The molecule has 0 heterocycles. The Hall–Kier alpha value is -1.23. The molecule has 1 aromatic rings. The zero-order valence-corrected chi connectivity index (χ0v) is 11.7. The van der Waals surface area contributed by atoms with Crippen LogP contribution in [0.1, 0.15) is 19.4 Å². The molecule has 0 aromatic heterocycles. The second kappa shape index (κ2) is 7.17. The molecule has 0 bridgehead atoms. The minimum atomic E-state index is 0.247. The summed E-state index contributed by atoms with van der Waals surface area (Å²) in [6, 6.07) is 5.39. The number of benzene rings is 1. The number of phenols is 1. The van der Waals surface area contributed by atoms with Gasteiger partial charge in [0.05, 0.1) is 11.0 Å². The van der Waals surface area contributed by atoms with Gasteiger partial charge in [0.1, 0.15) is 5.75 Å². The SMILES string of the molecule is CCNC(=NCc1ccc(O)c(Br)c1)NCC. The fourth-order valence-electron chi connectivity index (χ4n) is 1.33. The molecule has 0 aliphatic carbocycles. The van der Waals surface area contributed by atoms with Crippen molar-refractivity contribution in [3.8, 4) is 5.75 Å². The van der Waals surface area contributed by atoms with Gasteiger partial charge in [-0.3, -0.25) is 0 Å². The van der Waals surface area contributed by atoms with Crippen molar-refractivity contribution in [2.24, 2.45) is 4.99 Å². The van der Waals surface area contributed by atoms with Crippen LogP contribution in [0.2, 0.25) is 0 Å². The molecule has 4 nitrogen and oxygen atoms in total. The summed E-state index contributed by atoms with van der Waals surface area (Å²) in [6.45, 7) is 6.32. The molecule has 17 heavy (non-hydrogen) atoms. The molecule has 0 amide bonds. The first-order valence-corrected chi connectivity index (χ1v) is 6.46. The van der Waals surface area contributed by atoms with Gasteiger partial charge in [-0.15, -0.1) is 0 Å². The summed E-state index contributed by atoms with van der Waals surface area (Å²) < 4.78 is 0.693.